The first-order valence-corrected chi connectivity index (χ1v) is 10.4. The van der Waals surface area contributed by atoms with Crippen molar-refractivity contribution in [3.8, 4) is 5.75 Å². The van der Waals surface area contributed by atoms with Crippen molar-refractivity contribution in [3.63, 3.8) is 0 Å². The Morgan fingerprint density at radius 1 is 0.806 bits per heavy atom. The molecule has 0 aromatic heterocycles. The summed E-state index contributed by atoms with van der Waals surface area (Å²) in [6.07, 6.45) is 0.227. The van der Waals surface area contributed by atoms with Crippen LogP contribution in [0.4, 0.5) is 0 Å². The normalized spacial score (nSPS) is 10.6. The van der Waals surface area contributed by atoms with Crippen LogP contribution in [0.1, 0.15) is 56.9 Å². The van der Waals surface area contributed by atoms with Gasteiger partial charge in [0.05, 0.1) is 6.61 Å². The lowest BCUT2D eigenvalue weighted by atomic mass is 10.1. The van der Waals surface area contributed by atoms with Crippen molar-refractivity contribution in [1.82, 2.24) is 10.6 Å². The summed E-state index contributed by atoms with van der Waals surface area (Å²) in [7, 11) is 0. The van der Waals surface area contributed by atoms with E-state index >= 15 is 0 Å². The van der Waals surface area contributed by atoms with Crippen LogP contribution < -0.4 is 15.4 Å². The van der Waals surface area contributed by atoms with Gasteiger partial charge in [0, 0.05) is 11.1 Å². The highest BCUT2D eigenvalue weighted by Gasteiger charge is 2.19. The van der Waals surface area contributed by atoms with Crippen molar-refractivity contribution >= 4 is 11.8 Å². The molecule has 160 valence electrons. The molecule has 0 saturated carbocycles. The van der Waals surface area contributed by atoms with Crippen LogP contribution in [0.3, 0.4) is 0 Å². The third kappa shape index (κ3) is 6.19. The average Bonchev–Trinajstić information content (AvgIpc) is 2.77. The minimum atomic E-state index is -0.693. The molecule has 0 radical (unpaired) electrons. The minimum absolute atomic E-state index is 0.260. The zero-order valence-electron chi connectivity index (χ0n) is 18.1. The topological polar surface area (TPSA) is 67.4 Å². The second kappa shape index (κ2) is 10.4. The van der Waals surface area contributed by atoms with Crippen LogP contribution in [-0.4, -0.2) is 18.4 Å². The molecule has 0 saturated heterocycles. The lowest BCUT2D eigenvalue weighted by Crippen LogP contribution is -2.41. The highest BCUT2D eigenvalue weighted by Crippen LogP contribution is 2.18. The molecule has 0 fully saturated rings. The quantitative estimate of drug-likeness (QED) is 0.511. The molecular weight excluding hydrogens is 388 g/mol. The van der Waals surface area contributed by atoms with Gasteiger partial charge < -0.3 is 15.4 Å². The van der Waals surface area contributed by atoms with E-state index in [1.165, 1.54) is 0 Å². The van der Waals surface area contributed by atoms with Gasteiger partial charge in [0.1, 0.15) is 11.9 Å². The van der Waals surface area contributed by atoms with Gasteiger partial charge in [0.25, 0.3) is 11.8 Å². The number of benzene rings is 3. The van der Waals surface area contributed by atoms with E-state index in [1.54, 1.807) is 12.1 Å². The number of hydrogen-bond donors (Lipinski definition) is 2. The molecule has 0 aliphatic carbocycles. The first-order valence-electron chi connectivity index (χ1n) is 10.4. The Morgan fingerprint density at radius 3 is 1.77 bits per heavy atom. The smallest absolute Gasteiger partial charge is 0.253 e. The lowest BCUT2D eigenvalue weighted by molar-refractivity contribution is 0.0883. The van der Waals surface area contributed by atoms with E-state index in [2.05, 4.69) is 10.6 Å². The minimum Gasteiger partial charge on any atom is -0.494 e. The van der Waals surface area contributed by atoms with E-state index in [-0.39, 0.29) is 11.8 Å². The maximum atomic E-state index is 12.9. The van der Waals surface area contributed by atoms with E-state index in [4.69, 9.17) is 4.74 Å². The van der Waals surface area contributed by atoms with Crippen LogP contribution in [0.25, 0.3) is 0 Å². The van der Waals surface area contributed by atoms with E-state index < -0.39 is 6.17 Å². The number of aryl methyl sites for hydroxylation is 2. The fourth-order valence-corrected chi connectivity index (χ4v) is 3.18. The molecule has 0 aliphatic rings. The summed E-state index contributed by atoms with van der Waals surface area (Å²) < 4.78 is 5.64. The molecule has 0 aliphatic heterocycles. The van der Waals surface area contributed by atoms with Crippen LogP contribution >= 0.6 is 0 Å². The van der Waals surface area contributed by atoms with Crippen molar-refractivity contribution in [1.29, 1.82) is 0 Å². The molecule has 0 spiro atoms. The highest BCUT2D eigenvalue weighted by molar-refractivity contribution is 5.97. The van der Waals surface area contributed by atoms with E-state index in [1.807, 2.05) is 81.4 Å². The van der Waals surface area contributed by atoms with Gasteiger partial charge in [-0.15, -0.1) is 0 Å². The lowest BCUT2D eigenvalue weighted by Gasteiger charge is -2.21. The predicted molar refractivity (Wildman–Crippen MR) is 122 cm³/mol. The molecule has 0 bridgehead atoms. The van der Waals surface area contributed by atoms with Crippen LogP contribution in [0, 0.1) is 13.8 Å². The summed E-state index contributed by atoms with van der Waals surface area (Å²) in [5.74, 6) is 0.230. The van der Waals surface area contributed by atoms with Crippen molar-refractivity contribution < 1.29 is 14.3 Å². The fourth-order valence-electron chi connectivity index (χ4n) is 3.18. The highest BCUT2D eigenvalue weighted by atomic mass is 16.5. The summed E-state index contributed by atoms with van der Waals surface area (Å²) in [4.78, 5) is 25.7. The Kier molecular flexibility index (Phi) is 7.44. The first-order chi connectivity index (χ1) is 15.0. The monoisotopic (exact) mass is 416 g/mol. The molecule has 0 atom stereocenters. The van der Waals surface area contributed by atoms with Crippen molar-refractivity contribution in [2.75, 3.05) is 6.61 Å². The molecule has 2 N–H and O–H groups in total. The zero-order valence-corrected chi connectivity index (χ0v) is 18.1. The Hall–Kier alpha value is -3.60. The number of carbonyl (C=O) groups is 2. The van der Waals surface area contributed by atoms with E-state index in [9.17, 15) is 9.59 Å². The van der Waals surface area contributed by atoms with Crippen molar-refractivity contribution in [2.24, 2.45) is 0 Å². The fraction of sp³-hybridized carbons (Fsp3) is 0.231. The van der Waals surface area contributed by atoms with E-state index in [0.717, 1.165) is 28.9 Å². The number of rotatable bonds is 8. The van der Waals surface area contributed by atoms with Crippen LogP contribution in [-0.2, 0) is 0 Å². The van der Waals surface area contributed by atoms with E-state index in [0.29, 0.717) is 17.7 Å². The van der Waals surface area contributed by atoms with Crippen LogP contribution in [0.15, 0.2) is 72.8 Å². The maximum Gasteiger partial charge on any atom is 0.253 e. The largest absolute Gasteiger partial charge is 0.494 e. The van der Waals surface area contributed by atoms with Gasteiger partial charge in [-0.3, -0.25) is 9.59 Å². The molecule has 2 amide bonds. The second-order valence-corrected chi connectivity index (χ2v) is 7.54. The summed E-state index contributed by atoms with van der Waals surface area (Å²) in [5.41, 5.74) is 3.82. The predicted octanol–water partition coefficient (Wildman–Crippen LogP) is 4.95. The van der Waals surface area contributed by atoms with Crippen molar-refractivity contribution in [3.05, 3.63) is 101 Å². The van der Waals surface area contributed by atoms with Gasteiger partial charge in [0.15, 0.2) is 0 Å². The summed E-state index contributed by atoms with van der Waals surface area (Å²) in [5, 5.41) is 5.89. The molecule has 0 unspecified atom stereocenters. The Bertz CT molecular complexity index is 985. The zero-order chi connectivity index (χ0) is 22.2. The average molecular weight is 417 g/mol. The van der Waals surface area contributed by atoms with Gasteiger partial charge in [-0.05, 0) is 62.2 Å². The summed E-state index contributed by atoms with van der Waals surface area (Å²) >= 11 is 0. The number of hydrogen-bond acceptors (Lipinski definition) is 3. The molecule has 31 heavy (non-hydrogen) atoms. The van der Waals surface area contributed by atoms with Gasteiger partial charge in [-0.2, -0.15) is 0 Å². The first kappa shape index (κ1) is 22.1. The third-order valence-electron chi connectivity index (χ3n) is 4.80. The molecule has 0 heterocycles. The molecule has 3 rings (SSSR count). The van der Waals surface area contributed by atoms with Crippen LogP contribution in [0.5, 0.6) is 5.75 Å². The Morgan fingerprint density at radius 2 is 1.32 bits per heavy atom. The van der Waals surface area contributed by atoms with Gasteiger partial charge in [-0.1, -0.05) is 54.4 Å². The number of carbonyl (C=O) groups excluding carboxylic acids is 2. The SMILES string of the molecule is CCCOc1ccc(C(NC(=O)c2cccc(C)c2)NC(=O)c2cccc(C)c2)cc1. The molecule has 5 nitrogen and oxygen atoms in total. The summed E-state index contributed by atoms with van der Waals surface area (Å²) in [6, 6.07) is 22.1. The van der Waals surface area contributed by atoms with Gasteiger partial charge >= 0.3 is 0 Å². The third-order valence-corrected chi connectivity index (χ3v) is 4.80. The standard InChI is InChI=1S/C26H28N2O3/c1-4-15-31-23-13-11-20(12-14-23)24(27-25(29)21-9-5-7-18(2)16-21)28-26(30)22-10-6-8-19(3)17-22/h5-14,16-17,24H,4,15H2,1-3H3,(H,27,29)(H,28,30). The number of nitrogens with one attached hydrogen (secondary N) is 2. The number of ether oxygens (including phenoxy) is 1. The molecule has 3 aromatic rings. The van der Waals surface area contributed by atoms with Gasteiger partial charge in [0.2, 0.25) is 0 Å². The molecular formula is C26H28N2O3. The molecule has 3 aromatic carbocycles. The number of amides is 2. The Labute approximate surface area is 183 Å². The summed E-state index contributed by atoms with van der Waals surface area (Å²) in [6.45, 7) is 6.55. The van der Waals surface area contributed by atoms with Gasteiger partial charge in [-0.25, -0.2) is 0 Å². The molecule has 5 heteroatoms. The second-order valence-electron chi connectivity index (χ2n) is 7.54. The maximum absolute atomic E-state index is 12.9. The Balaban J connectivity index is 1.84. The van der Waals surface area contributed by atoms with Crippen LogP contribution in [0.2, 0.25) is 0 Å². The van der Waals surface area contributed by atoms with Crippen molar-refractivity contribution in [2.45, 2.75) is 33.4 Å².